The predicted molar refractivity (Wildman–Crippen MR) is 186 cm³/mol. The van der Waals surface area contributed by atoms with Crippen molar-refractivity contribution < 1.29 is 19.1 Å². The van der Waals surface area contributed by atoms with Gasteiger partial charge in [0, 0.05) is 49.2 Å². The Balaban J connectivity index is 1.09. The lowest BCUT2D eigenvalue weighted by Crippen LogP contribution is -2.47. The van der Waals surface area contributed by atoms with Gasteiger partial charge in [-0.15, -0.1) is 0 Å². The lowest BCUT2D eigenvalue weighted by atomic mass is 9.51. The van der Waals surface area contributed by atoms with Crippen LogP contribution in [0.5, 0.6) is 11.6 Å². The summed E-state index contributed by atoms with van der Waals surface area (Å²) in [5.41, 5.74) is 3.36. The highest BCUT2D eigenvalue weighted by atomic mass is 16.6. The molecular weight excluding hydrogens is 602 g/mol. The van der Waals surface area contributed by atoms with Gasteiger partial charge in [0.25, 0.3) is 0 Å². The molecular formula is C39H45N5O4. The highest BCUT2D eigenvalue weighted by Gasteiger charge is 2.50. The number of nitrogens with one attached hydrogen (secondary N) is 1. The number of benzene rings is 2. The summed E-state index contributed by atoms with van der Waals surface area (Å²) in [6.45, 7) is 8.83. The Kier molecular flexibility index (Phi) is 8.56. The van der Waals surface area contributed by atoms with Crippen molar-refractivity contribution in [1.82, 2.24) is 19.9 Å². The number of nitrogens with zero attached hydrogens (tertiary/aromatic N) is 4. The van der Waals surface area contributed by atoms with Gasteiger partial charge in [-0.1, -0.05) is 36.8 Å². The van der Waals surface area contributed by atoms with Crippen LogP contribution in [0.4, 0.5) is 10.7 Å². The summed E-state index contributed by atoms with van der Waals surface area (Å²) in [5, 5.41) is 5.42. The van der Waals surface area contributed by atoms with E-state index < -0.39 is 5.60 Å². The molecule has 7 rings (SSSR count). The van der Waals surface area contributed by atoms with Crippen LogP contribution in [0.15, 0.2) is 60.9 Å². The molecule has 1 amide bonds. The number of fused-ring (bicyclic) bond motifs is 1. The van der Waals surface area contributed by atoms with Crippen LogP contribution in [0.1, 0.15) is 76.8 Å². The maximum Gasteiger partial charge on any atom is 0.410 e. The molecule has 1 N–H and O–H groups in total. The molecule has 1 saturated heterocycles. The van der Waals surface area contributed by atoms with Crippen LogP contribution < -0.4 is 10.1 Å². The summed E-state index contributed by atoms with van der Waals surface area (Å²) >= 11 is 0. The molecule has 0 bridgehead atoms. The average Bonchev–Trinajstić information content (AvgIpc) is 3.01. The first-order valence-corrected chi connectivity index (χ1v) is 17.3. The van der Waals surface area contributed by atoms with Crippen LogP contribution >= 0.6 is 0 Å². The van der Waals surface area contributed by atoms with Crippen molar-refractivity contribution in [2.75, 3.05) is 18.4 Å². The van der Waals surface area contributed by atoms with Gasteiger partial charge < -0.3 is 19.7 Å². The number of Topliss-reactive ketones (excluding diaryl/α,β-unsaturated/α-hetero) is 1. The molecule has 1 spiro atoms. The Labute approximate surface area is 282 Å². The van der Waals surface area contributed by atoms with Crippen molar-refractivity contribution in [3.8, 4) is 22.9 Å². The van der Waals surface area contributed by atoms with E-state index in [0.717, 1.165) is 58.9 Å². The SMILES string of the molecule is Cc1ccc2c(CC(=O)C3CC4(CCC4)C3)cccc2c1Oc1ncccc1-c1ccnc(N[C@H]2CCCN(C(=O)OC(C)(C)C)C2)n1. The van der Waals surface area contributed by atoms with Crippen molar-refractivity contribution in [1.29, 1.82) is 0 Å². The van der Waals surface area contributed by atoms with E-state index in [2.05, 4.69) is 39.6 Å². The monoisotopic (exact) mass is 647 g/mol. The summed E-state index contributed by atoms with van der Waals surface area (Å²) in [6.07, 6.45) is 11.4. The van der Waals surface area contributed by atoms with Crippen molar-refractivity contribution in [3.63, 3.8) is 0 Å². The van der Waals surface area contributed by atoms with Gasteiger partial charge in [0.15, 0.2) is 0 Å². The Morgan fingerprint density at radius 1 is 0.979 bits per heavy atom. The zero-order valence-corrected chi connectivity index (χ0v) is 28.4. The van der Waals surface area contributed by atoms with Gasteiger partial charge in [0.1, 0.15) is 17.1 Å². The highest BCUT2D eigenvalue weighted by Crippen LogP contribution is 2.59. The zero-order chi connectivity index (χ0) is 33.5. The first-order chi connectivity index (χ1) is 23.1. The molecule has 3 aliphatic rings. The number of ether oxygens (including phenoxy) is 2. The zero-order valence-electron chi connectivity index (χ0n) is 28.4. The van der Waals surface area contributed by atoms with Gasteiger partial charge in [-0.05, 0) is 106 Å². The number of aryl methyl sites for hydroxylation is 1. The first-order valence-electron chi connectivity index (χ1n) is 17.3. The largest absolute Gasteiger partial charge is 0.444 e. The Hall–Kier alpha value is -4.53. The fraction of sp³-hybridized carbons (Fsp3) is 0.462. The Morgan fingerprint density at radius 2 is 1.81 bits per heavy atom. The lowest BCUT2D eigenvalue weighted by molar-refractivity contribution is -0.133. The number of anilines is 1. The smallest absolute Gasteiger partial charge is 0.410 e. The highest BCUT2D eigenvalue weighted by molar-refractivity contribution is 5.96. The molecule has 9 heteroatoms. The quantitative estimate of drug-likeness (QED) is 0.204. The summed E-state index contributed by atoms with van der Waals surface area (Å²) < 4.78 is 12.2. The van der Waals surface area contributed by atoms with E-state index in [1.165, 1.54) is 19.3 Å². The van der Waals surface area contributed by atoms with E-state index in [0.29, 0.717) is 48.2 Å². The van der Waals surface area contributed by atoms with E-state index in [1.54, 1.807) is 17.3 Å². The number of ketones is 1. The molecule has 9 nitrogen and oxygen atoms in total. The second-order valence-electron chi connectivity index (χ2n) is 15.0. The van der Waals surface area contributed by atoms with Gasteiger partial charge >= 0.3 is 6.09 Å². The fourth-order valence-electron chi connectivity index (χ4n) is 7.54. The molecule has 2 saturated carbocycles. The third-order valence-electron chi connectivity index (χ3n) is 10.2. The number of likely N-dealkylation sites (tertiary alicyclic amines) is 1. The molecule has 1 aliphatic heterocycles. The third-order valence-corrected chi connectivity index (χ3v) is 10.2. The second-order valence-corrected chi connectivity index (χ2v) is 15.0. The van der Waals surface area contributed by atoms with Crippen molar-refractivity contribution in [2.45, 2.75) is 90.7 Å². The summed E-state index contributed by atoms with van der Waals surface area (Å²) in [5.74, 6) is 2.19. The number of aromatic nitrogens is 3. The number of pyridine rings is 1. The molecule has 2 aromatic carbocycles. The summed E-state index contributed by atoms with van der Waals surface area (Å²) in [7, 11) is 0. The first kappa shape index (κ1) is 32.0. The van der Waals surface area contributed by atoms with Crippen molar-refractivity contribution >= 4 is 28.6 Å². The van der Waals surface area contributed by atoms with Crippen LogP contribution in [-0.2, 0) is 16.0 Å². The number of piperidine rings is 1. The maximum absolute atomic E-state index is 13.3. The van der Waals surface area contributed by atoms with Gasteiger partial charge in [-0.2, -0.15) is 0 Å². The molecule has 250 valence electrons. The third kappa shape index (κ3) is 6.73. The summed E-state index contributed by atoms with van der Waals surface area (Å²) in [6, 6.07) is 15.9. The summed E-state index contributed by atoms with van der Waals surface area (Å²) in [4.78, 5) is 41.7. The van der Waals surface area contributed by atoms with Crippen LogP contribution in [-0.4, -0.2) is 56.5 Å². The standard InChI is InChI=1S/C39H45N5O4/c1-25-13-14-29-26(21-33(45)27-22-39(23-27)16-8-17-39)9-5-11-30(29)34(25)47-35-31(12-6-18-40-35)32-15-19-41-36(43-32)42-28-10-7-20-44(24-28)37(46)48-38(2,3)4/h5-6,9,11-15,18-19,27-28H,7-8,10,16-17,20-24H2,1-4H3,(H,41,42,43)/t28-/m0/s1. The van der Waals surface area contributed by atoms with Gasteiger partial charge in [0.2, 0.25) is 11.8 Å². The molecule has 48 heavy (non-hydrogen) atoms. The van der Waals surface area contributed by atoms with Crippen LogP contribution in [0.3, 0.4) is 0 Å². The fourth-order valence-corrected chi connectivity index (χ4v) is 7.54. The second kappa shape index (κ2) is 12.8. The topological polar surface area (TPSA) is 107 Å². The van der Waals surface area contributed by atoms with Gasteiger partial charge in [-0.3, -0.25) is 4.79 Å². The number of hydrogen-bond donors (Lipinski definition) is 1. The van der Waals surface area contributed by atoms with Crippen molar-refractivity contribution in [2.24, 2.45) is 11.3 Å². The number of hydrogen-bond acceptors (Lipinski definition) is 8. The molecule has 1 atom stereocenters. The minimum Gasteiger partial charge on any atom is -0.444 e. The van der Waals surface area contributed by atoms with Crippen LogP contribution in [0.25, 0.3) is 22.0 Å². The van der Waals surface area contributed by atoms with Gasteiger partial charge in [-0.25, -0.2) is 19.7 Å². The molecule has 3 heterocycles. The van der Waals surface area contributed by atoms with E-state index in [4.69, 9.17) is 14.5 Å². The van der Waals surface area contributed by atoms with E-state index in [9.17, 15) is 9.59 Å². The molecule has 0 unspecified atom stereocenters. The van der Waals surface area contributed by atoms with E-state index in [1.807, 2.05) is 52.0 Å². The van der Waals surface area contributed by atoms with Crippen LogP contribution in [0.2, 0.25) is 0 Å². The normalized spacial score (nSPS) is 19.0. The number of carbonyl (C=O) groups excluding carboxylic acids is 2. The van der Waals surface area contributed by atoms with E-state index in [-0.39, 0.29) is 18.1 Å². The maximum atomic E-state index is 13.3. The van der Waals surface area contributed by atoms with Crippen molar-refractivity contribution in [3.05, 3.63) is 72.1 Å². The molecule has 3 fully saturated rings. The van der Waals surface area contributed by atoms with Crippen LogP contribution in [0, 0.1) is 18.3 Å². The predicted octanol–water partition coefficient (Wildman–Crippen LogP) is 8.30. The average molecular weight is 648 g/mol. The Morgan fingerprint density at radius 3 is 2.58 bits per heavy atom. The number of amides is 1. The lowest BCUT2D eigenvalue weighted by Gasteiger charge is -2.53. The molecule has 4 aromatic rings. The van der Waals surface area contributed by atoms with Gasteiger partial charge in [0.05, 0.1) is 11.3 Å². The molecule has 2 aliphatic carbocycles. The minimum absolute atomic E-state index is 0.00540. The molecule has 2 aromatic heterocycles. The number of carbonyl (C=O) groups is 2. The Bertz CT molecular complexity index is 1840. The molecule has 0 radical (unpaired) electrons. The number of rotatable bonds is 8. The van der Waals surface area contributed by atoms with E-state index >= 15 is 0 Å². The minimum atomic E-state index is -0.543.